The number of morpholine rings is 1. The maximum absolute atomic E-state index is 13.7. The Labute approximate surface area is 223 Å². The van der Waals surface area contributed by atoms with Crippen LogP contribution >= 0.6 is 0 Å². The number of hydrogen-bond acceptors (Lipinski definition) is 6. The standard InChI is InChI=1S/C30H34N4O4/c1-36-26-13-8-14-27-28(26)29(32-38-27)31-30(35)34(18-17-33-19-21-37-22-20-33)16-15-25(23-9-4-2-5-10-23)24-11-6-3-7-12-24/h2-14,25H,15-22H2,1H3,(H,31,32,35). The van der Waals surface area contributed by atoms with Gasteiger partial charge in [-0.1, -0.05) is 71.9 Å². The van der Waals surface area contributed by atoms with Gasteiger partial charge in [-0.2, -0.15) is 0 Å². The van der Waals surface area contributed by atoms with Crippen LogP contribution in [0.3, 0.4) is 0 Å². The second-order valence-electron chi connectivity index (χ2n) is 9.40. The van der Waals surface area contributed by atoms with E-state index in [1.165, 1.54) is 11.1 Å². The maximum atomic E-state index is 13.7. The summed E-state index contributed by atoms with van der Waals surface area (Å²) >= 11 is 0. The second-order valence-corrected chi connectivity index (χ2v) is 9.40. The number of hydrogen-bond donors (Lipinski definition) is 1. The number of anilines is 1. The number of rotatable bonds is 10. The Morgan fingerprint density at radius 2 is 1.66 bits per heavy atom. The number of carbonyl (C=O) groups is 1. The fourth-order valence-electron chi connectivity index (χ4n) is 4.98. The molecule has 1 aliphatic rings. The molecule has 0 bridgehead atoms. The van der Waals surface area contributed by atoms with Gasteiger partial charge < -0.3 is 18.9 Å². The third-order valence-electron chi connectivity index (χ3n) is 7.07. The predicted molar refractivity (Wildman–Crippen MR) is 148 cm³/mol. The summed E-state index contributed by atoms with van der Waals surface area (Å²) in [7, 11) is 1.59. The number of carbonyl (C=O) groups excluding carboxylic acids is 1. The Morgan fingerprint density at radius 3 is 2.32 bits per heavy atom. The molecule has 8 heteroatoms. The minimum absolute atomic E-state index is 0.170. The van der Waals surface area contributed by atoms with Gasteiger partial charge >= 0.3 is 6.03 Å². The molecule has 0 spiro atoms. The minimum Gasteiger partial charge on any atom is -0.496 e. The van der Waals surface area contributed by atoms with Gasteiger partial charge in [-0.15, -0.1) is 0 Å². The zero-order valence-electron chi connectivity index (χ0n) is 21.7. The van der Waals surface area contributed by atoms with E-state index in [2.05, 4.69) is 63.9 Å². The Kier molecular flexibility index (Phi) is 8.53. The lowest BCUT2D eigenvalue weighted by Crippen LogP contribution is -2.44. The highest BCUT2D eigenvalue weighted by Crippen LogP contribution is 2.32. The molecule has 1 N–H and O–H groups in total. The van der Waals surface area contributed by atoms with Crippen LogP contribution in [0.15, 0.2) is 83.4 Å². The van der Waals surface area contributed by atoms with Crippen LogP contribution in [-0.2, 0) is 4.74 Å². The van der Waals surface area contributed by atoms with Gasteiger partial charge in [-0.25, -0.2) is 4.79 Å². The molecule has 4 aromatic rings. The smallest absolute Gasteiger partial charge is 0.323 e. The summed E-state index contributed by atoms with van der Waals surface area (Å²) in [6.45, 7) is 5.14. The summed E-state index contributed by atoms with van der Waals surface area (Å²) in [5, 5.41) is 7.77. The number of methoxy groups -OCH3 is 1. The predicted octanol–water partition coefficient (Wildman–Crippen LogP) is 5.22. The molecule has 1 saturated heterocycles. The molecule has 0 saturated carbocycles. The van der Waals surface area contributed by atoms with Crippen molar-refractivity contribution in [3.8, 4) is 5.75 Å². The van der Waals surface area contributed by atoms with Crippen LogP contribution in [0.5, 0.6) is 5.75 Å². The van der Waals surface area contributed by atoms with Gasteiger partial charge in [0.05, 0.1) is 20.3 Å². The molecular weight excluding hydrogens is 480 g/mol. The molecule has 1 aromatic heterocycles. The van der Waals surface area contributed by atoms with Crippen molar-refractivity contribution in [2.75, 3.05) is 58.4 Å². The van der Waals surface area contributed by atoms with E-state index in [-0.39, 0.29) is 11.9 Å². The van der Waals surface area contributed by atoms with Crippen molar-refractivity contribution in [2.24, 2.45) is 0 Å². The van der Waals surface area contributed by atoms with Gasteiger partial charge in [0.2, 0.25) is 0 Å². The summed E-state index contributed by atoms with van der Waals surface area (Å²) in [6, 6.07) is 26.2. The zero-order valence-corrected chi connectivity index (χ0v) is 21.7. The third kappa shape index (κ3) is 6.15. The van der Waals surface area contributed by atoms with Gasteiger partial charge in [-0.3, -0.25) is 10.2 Å². The maximum Gasteiger partial charge on any atom is 0.323 e. The van der Waals surface area contributed by atoms with Gasteiger partial charge in [0.15, 0.2) is 11.4 Å². The van der Waals surface area contributed by atoms with Gasteiger partial charge in [-0.05, 0) is 29.7 Å². The number of fused-ring (bicyclic) bond motifs is 1. The summed E-state index contributed by atoms with van der Waals surface area (Å²) in [5.74, 6) is 1.14. The van der Waals surface area contributed by atoms with Gasteiger partial charge in [0.1, 0.15) is 11.1 Å². The van der Waals surface area contributed by atoms with Crippen molar-refractivity contribution in [1.29, 1.82) is 0 Å². The SMILES string of the molecule is COc1cccc2onc(NC(=O)N(CCC(c3ccccc3)c3ccccc3)CCN3CCOCC3)c12. The number of aromatic nitrogens is 1. The first-order chi connectivity index (χ1) is 18.7. The van der Waals surface area contributed by atoms with Crippen molar-refractivity contribution in [2.45, 2.75) is 12.3 Å². The molecule has 1 fully saturated rings. The largest absolute Gasteiger partial charge is 0.496 e. The number of urea groups is 1. The molecule has 3 aromatic carbocycles. The molecular formula is C30H34N4O4. The average molecular weight is 515 g/mol. The van der Waals surface area contributed by atoms with Crippen LogP contribution in [-0.4, -0.2) is 74.0 Å². The van der Waals surface area contributed by atoms with Crippen LogP contribution in [0.25, 0.3) is 11.0 Å². The van der Waals surface area contributed by atoms with Crippen LogP contribution in [0.1, 0.15) is 23.5 Å². The summed E-state index contributed by atoms with van der Waals surface area (Å²) < 4.78 is 16.4. The molecule has 2 amide bonds. The number of amides is 2. The van der Waals surface area contributed by atoms with Crippen LogP contribution in [0.4, 0.5) is 10.6 Å². The molecule has 1 aliphatic heterocycles. The Balaban J connectivity index is 1.36. The Hall–Kier alpha value is -3.88. The number of nitrogens with one attached hydrogen (secondary N) is 1. The van der Waals surface area contributed by atoms with Gasteiger partial charge in [0, 0.05) is 38.6 Å². The van der Waals surface area contributed by atoms with E-state index in [1.807, 2.05) is 29.2 Å². The summed E-state index contributed by atoms with van der Waals surface area (Å²) in [4.78, 5) is 17.9. The van der Waals surface area contributed by atoms with E-state index in [9.17, 15) is 4.79 Å². The molecule has 0 unspecified atom stereocenters. The van der Waals surface area contributed by atoms with Crippen molar-refractivity contribution in [3.63, 3.8) is 0 Å². The zero-order chi connectivity index (χ0) is 26.2. The number of nitrogens with zero attached hydrogens (tertiary/aromatic N) is 3. The fraction of sp³-hybridized carbons (Fsp3) is 0.333. The van der Waals surface area contributed by atoms with E-state index < -0.39 is 0 Å². The summed E-state index contributed by atoms with van der Waals surface area (Å²) in [5.41, 5.74) is 3.03. The number of benzene rings is 3. The molecule has 2 heterocycles. The number of ether oxygens (including phenoxy) is 2. The van der Waals surface area contributed by atoms with E-state index in [1.54, 1.807) is 13.2 Å². The van der Waals surface area contributed by atoms with E-state index in [0.29, 0.717) is 35.6 Å². The molecule has 0 radical (unpaired) electrons. The van der Waals surface area contributed by atoms with Crippen molar-refractivity contribution < 1.29 is 18.8 Å². The Bertz CT molecular complexity index is 1270. The van der Waals surface area contributed by atoms with Crippen molar-refractivity contribution in [1.82, 2.24) is 15.0 Å². The monoisotopic (exact) mass is 514 g/mol. The highest BCUT2D eigenvalue weighted by atomic mass is 16.5. The molecule has 38 heavy (non-hydrogen) atoms. The molecule has 8 nitrogen and oxygen atoms in total. The van der Waals surface area contributed by atoms with E-state index in [0.717, 1.165) is 39.3 Å². The normalized spacial score (nSPS) is 14.1. The second kappa shape index (κ2) is 12.6. The molecule has 0 aliphatic carbocycles. The minimum atomic E-state index is -0.209. The first-order valence-electron chi connectivity index (χ1n) is 13.1. The lowest BCUT2D eigenvalue weighted by Gasteiger charge is -2.31. The first-order valence-corrected chi connectivity index (χ1v) is 13.1. The third-order valence-corrected chi connectivity index (χ3v) is 7.07. The molecule has 198 valence electrons. The quantitative estimate of drug-likeness (QED) is 0.312. The molecule has 0 atom stereocenters. The van der Waals surface area contributed by atoms with Crippen LogP contribution in [0.2, 0.25) is 0 Å². The average Bonchev–Trinajstić information content (AvgIpc) is 3.39. The Morgan fingerprint density at radius 1 is 0.974 bits per heavy atom. The van der Waals surface area contributed by atoms with Crippen LogP contribution < -0.4 is 10.1 Å². The highest BCUT2D eigenvalue weighted by molar-refractivity contribution is 6.01. The lowest BCUT2D eigenvalue weighted by molar-refractivity contribution is 0.0351. The summed E-state index contributed by atoms with van der Waals surface area (Å²) in [6.07, 6.45) is 0.785. The van der Waals surface area contributed by atoms with E-state index in [4.69, 9.17) is 14.0 Å². The lowest BCUT2D eigenvalue weighted by atomic mass is 9.88. The fourth-order valence-corrected chi connectivity index (χ4v) is 4.98. The topological polar surface area (TPSA) is 80.1 Å². The van der Waals surface area contributed by atoms with Crippen LogP contribution in [0, 0.1) is 0 Å². The molecule has 5 rings (SSSR count). The van der Waals surface area contributed by atoms with Crippen molar-refractivity contribution >= 4 is 22.8 Å². The van der Waals surface area contributed by atoms with E-state index >= 15 is 0 Å². The first kappa shape index (κ1) is 25.8. The van der Waals surface area contributed by atoms with Crippen molar-refractivity contribution in [3.05, 3.63) is 90.0 Å². The van der Waals surface area contributed by atoms with Gasteiger partial charge in [0.25, 0.3) is 0 Å². The highest BCUT2D eigenvalue weighted by Gasteiger charge is 2.23.